The van der Waals surface area contributed by atoms with E-state index in [0.29, 0.717) is 28.0 Å². The van der Waals surface area contributed by atoms with Gasteiger partial charge >= 0.3 is 0 Å². The van der Waals surface area contributed by atoms with Crippen LogP contribution in [0.25, 0.3) is 11.1 Å². The average molecular weight is 260 g/mol. The second kappa shape index (κ2) is 4.99. The van der Waals surface area contributed by atoms with Gasteiger partial charge in [0, 0.05) is 5.56 Å². The zero-order valence-corrected chi connectivity index (χ0v) is 9.91. The van der Waals surface area contributed by atoms with Crippen molar-refractivity contribution in [1.82, 2.24) is 0 Å². The van der Waals surface area contributed by atoms with Gasteiger partial charge in [0.25, 0.3) is 0 Å². The first kappa shape index (κ1) is 12.3. The minimum atomic E-state index is -0.494. The lowest BCUT2D eigenvalue weighted by atomic mass is 10.0. The van der Waals surface area contributed by atoms with Crippen LogP contribution in [-0.2, 0) is 0 Å². The van der Waals surface area contributed by atoms with Gasteiger partial charge in [-0.25, -0.2) is 4.39 Å². The van der Waals surface area contributed by atoms with E-state index in [1.54, 1.807) is 24.3 Å². The molecule has 2 aromatic rings. The molecule has 0 heterocycles. The van der Waals surface area contributed by atoms with Gasteiger partial charge in [-0.1, -0.05) is 17.7 Å². The Morgan fingerprint density at radius 3 is 2.61 bits per heavy atom. The maximum absolute atomic E-state index is 13.3. The van der Waals surface area contributed by atoms with E-state index in [2.05, 4.69) is 0 Å². The van der Waals surface area contributed by atoms with Crippen molar-refractivity contribution >= 4 is 17.9 Å². The second-order valence-corrected chi connectivity index (χ2v) is 4.10. The van der Waals surface area contributed by atoms with Crippen LogP contribution in [0.5, 0.6) is 0 Å². The number of hydrogen-bond acceptors (Lipinski definition) is 2. The normalized spacial score (nSPS) is 9.83. The molecule has 0 amide bonds. The molecule has 0 unspecified atom stereocenters. The highest BCUT2D eigenvalue weighted by molar-refractivity contribution is 6.33. The summed E-state index contributed by atoms with van der Waals surface area (Å²) < 4.78 is 13.3. The van der Waals surface area contributed by atoms with E-state index in [-0.39, 0.29) is 5.56 Å². The Balaban J connectivity index is 2.58. The molecule has 0 aliphatic heterocycles. The molecule has 0 N–H and O–H groups in total. The summed E-state index contributed by atoms with van der Waals surface area (Å²) in [7, 11) is 0. The first-order valence-corrected chi connectivity index (χ1v) is 5.47. The number of halogens is 2. The Labute approximate surface area is 108 Å². The quantitative estimate of drug-likeness (QED) is 0.769. The molecule has 4 heteroatoms. The molecular weight excluding hydrogens is 253 g/mol. The fraction of sp³-hybridized carbons (Fsp3) is 0. The molecule has 0 fully saturated rings. The molecule has 0 aliphatic carbocycles. The van der Waals surface area contributed by atoms with Gasteiger partial charge in [0.2, 0.25) is 0 Å². The molecular formula is C14H7ClFNO. The highest BCUT2D eigenvalue weighted by Crippen LogP contribution is 2.25. The molecule has 0 spiro atoms. The standard InChI is InChI=1S/C14H7ClFNO/c15-14-2-1-10(5-12(14)8-18)11-3-9(7-17)4-13(16)6-11/h1-6,8H. The number of carbonyl (C=O) groups is 1. The van der Waals surface area contributed by atoms with Crippen LogP contribution in [0.2, 0.25) is 5.02 Å². The molecule has 18 heavy (non-hydrogen) atoms. The summed E-state index contributed by atoms with van der Waals surface area (Å²) in [6.07, 6.45) is 0.635. The van der Waals surface area contributed by atoms with Crippen LogP contribution in [0.15, 0.2) is 36.4 Å². The lowest BCUT2D eigenvalue weighted by Crippen LogP contribution is -1.87. The van der Waals surface area contributed by atoms with E-state index in [9.17, 15) is 9.18 Å². The van der Waals surface area contributed by atoms with Crippen molar-refractivity contribution in [2.75, 3.05) is 0 Å². The number of nitrogens with zero attached hydrogens (tertiary/aromatic N) is 1. The SMILES string of the molecule is N#Cc1cc(F)cc(-c2ccc(Cl)c(C=O)c2)c1. The number of carbonyl (C=O) groups excluding carboxylic acids is 1. The number of nitriles is 1. The molecule has 2 rings (SSSR count). The van der Waals surface area contributed by atoms with Gasteiger partial charge in [-0.2, -0.15) is 5.26 Å². The average Bonchev–Trinajstić information content (AvgIpc) is 2.38. The number of benzene rings is 2. The smallest absolute Gasteiger partial charge is 0.151 e. The second-order valence-electron chi connectivity index (χ2n) is 3.69. The Hall–Kier alpha value is -2.18. The highest BCUT2D eigenvalue weighted by atomic mass is 35.5. The zero-order chi connectivity index (χ0) is 13.1. The highest BCUT2D eigenvalue weighted by Gasteiger charge is 2.06. The van der Waals surface area contributed by atoms with Crippen molar-refractivity contribution in [3.05, 3.63) is 58.4 Å². The zero-order valence-electron chi connectivity index (χ0n) is 9.15. The van der Waals surface area contributed by atoms with Crippen LogP contribution in [0, 0.1) is 17.1 Å². The predicted molar refractivity (Wildman–Crippen MR) is 66.9 cm³/mol. The number of hydrogen-bond donors (Lipinski definition) is 0. The third-order valence-corrected chi connectivity index (χ3v) is 2.83. The minimum Gasteiger partial charge on any atom is -0.298 e. The molecule has 0 atom stereocenters. The Morgan fingerprint density at radius 1 is 1.17 bits per heavy atom. The van der Waals surface area contributed by atoms with Gasteiger partial charge in [-0.05, 0) is 41.5 Å². The topological polar surface area (TPSA) is 40.9 Å². The van der Waals surface area contributed by atoms with Crippen LogP contribution >= 0.6 is 11.6 Å². The van der Waals surface area contributed by atoms with Gasteiger partial charge in [0.1, 0.15) is 5.82 Å². The number of aldehydes is 1. The molecule has 0 aliphatic rings. The van der Waals surface area contributed by atoms with Crippen molar-refractivity contribution in [2.24, 2.45) is 0 Å². The Kier molecular flexibility index (Phi) is 3.40. The van der Waals surface area contributed by atoms with Gasteiger partial charge in [-0.15, -0.1) is 0 Å². The van der Waals surface area contributed by atoms with E-state index in [1.807, 2.05) is 6.07 Å². The maximum Gasteiger partial charge on any atom is 0.151 e. The van der Waals surface area contributed by atoms with Gasteiger partial charge < -0.3 is 0 Å². The molecule has 0 aromatic heterocycles. The Bertz CT molecular complexity index is 661. The molecule has 0 saturated heterocycles. The monoisotopic (exact) mass is 259 g/mol. The first-order chi connectivity index (χ1) is 8.63. The summed E-state index contributed by atoms with van der Waals surface area (Å²) in [5, 5.41) is 9.12. The summed E-state index contributed by atoms with van der Waals surface area (Å²) in [5.74, 6) is -0.494. The largest absolute Gasteiger partial charge is 0.298 e. The summed E-state index contributed by atoms with van der Waals surface area (Å²) in [5.41, 5.74) is 1.73. The molecule has 0 bridgehead atoms. The van der Waals surface area contributed by atoms with E-state index < -0.39 is 5.82 Å². The molecule has 88 valence electrons. The third-order valence-electron chi connectivity index (χ3n) is 2.48. The predicted octanol–water partition coefficient (Wildman–Crippen LogP) is 3.83. The lowest BCUT2D eigenvalue weighted by molar-refractivity contribution is 0.112. The van der Waals surface area contributed by atoms with Crippen molar-refractivity contribution in [3.8, 4) is 17.2 Å². The van der Waals surface area contributed by atoms with Crippen LogP contribution in [-0.4, -0.2) is 6.29 Å². The first-order valence-electron chi connectivity index (χ1n) is 5.10. The lowest BCUT2D eigenvalue weighted by Gasteiger charge is -2.05. The van der Waals surface area contributed by atoms with E-state index in [0.717, 1.165) is 6.07 Å². The summed E-state index contributed by atoms with van der Waals surface area (Å²) in [6.45, 7) is 0. The minimum absolute atomic E-state index is 0.229. The van der Waals surface area contributed by atoms with Crippen molar-refractivity contribution in [2.45, 2.75) is 0 Å². The van der Waals surface area contributed by atoms with Crippen molar-refractivity contribution < 1.29 is 9.18 Å². The third kappa shape index (κ3) is 2.39. The fourth-order valence-corrected chi connectivity index (χ4v) is 1.80. The Morgan fingerprint density at radius 2 is 1.94 bits per heavy atom. The molecule has 2 nitrogen and oxygen atoms in total. The summed E-state index contributed by atoms with van der Waals surface area (Å²) in [6, 6.07) is 10.7. The molecule has 0 radical (unpaired) electrons. The van der Waals surface area contributed by atoms with Crippen LogP contribution in [0.4, 0.5) is 4.39 Å². The molecule has 2 aromatic carbocycles. The van der Waals surface area contributed by atoms with Crippen LogP contribution < -0.4 is 0 Å². The van der Waals surface area contributed by atoms with Gasteiger partial charge in [-0.3, -0.25) is 4.79 Å². The summed E-state index contributed by atoms with van der Waals surface area (Å²) >= 11 is 5.82. The van der Waals surface area contributed by atoms with E-state index in [4.69, 9.17) is 16.9 Å². The van der Waals surface area contributed by atoms with E-state index in [1.165, 1.54) is 6.07 Å². The number of rotatable bonds is 2. The van der Waals surface area contributed by atoms with Gasteiger partial charge in [0.15, 0.2) is 6.29 Å². The van der Waals surface area contributed by atoms with Crippen LogP contribution in [0.3, 0.4) is 0 Å². The van der Waals surface area contributed by atoms with Crippen LogP contribution in [0.1, 0.15) is 15.9 Å². The van der Waals surface area contributed by atoms with Crippen molar-refractivity contribution in [1.29, 1.82) is 5.26 Å². The van der Waals surface area contributed by atoms with Crippen molar-refractivity contribution in [3.63, 3.8) is 0 Å². The maximum atomic E-state index is 13.3. The summed E-state index contributed by atoms with van der Waals surface area (Å²) in [4.78, 5) is 10.8. The molecule has 0 saturated carbocycles. The van der Waals surface area contributed by atoms with Gasteiger partial charge in [0.05, 0.1) is 16.7 Å². The fourth-order valence-electron chi connectivity index (χ4n) is 1.63. The van der Waals surface area contributed by atoms with E-state index >= 15 is 0 Å².